The molecule has 0 spiro atoms. The summed E-state index contributed by atoms with van der Waals surface area (Å²) in [4.78, 5) is 26.9. The number of amides is 2. The number of carbonyl (C=O) groups excluding carboxylic acids is 1. The number of rotatable bonds is 4. The van der Waals surface area contributed by atoms with Gasteiger partial charge in [0.2, 0.25) is 10.0 Å². The van der Waals surface area contributed by atoms with Gasteiger partial charge in [-0.3, -0.25) is 15.0 Å². The molecule has 2 amide bonds. The summed E-state index contributed by atoms with van der Waals surface area (Å²) >= 11 is 0. The van der Waals surface area contributed by atoms with Crippen molar-refractivity contribution in [2.24, 2.45) is 0 Å². The van der Waals surface area contributed by atoms with Crippen molar-refractivity contribution < 1.29 is 18.1 Å². The lowest BCUT2D eigenvalue weighted by molar-refractivity contribution is -0.384. The van der Waals surface area contributed by atoms with Gasteiger partial charge in [0.15, 0.2) is 0 Å². The van der Waals surface area contributed by atoms with Crippen LogP contribution >= 0.6 is 0 Å². The summed E-state index contributed by atoms with van der Waals surface area (Å²) in [6.45, 7) is 4.48. The number of hydrogen-bond acceptors (Lipinski definition) is 5. The number of hydrogen-bond donors (Lipinski definition) is 0. The third-order valence-corrected chi connectivity index (χ3v) is 7.67. The summed E-state index contributed by atoms with van der Waals surface area (Å²) in [7, 11) is -3.65. The average Bonchev–Trinajstić information content (AvgIpc) is 2.98. The summed E-state index contributed by atoms with van der Waals surface area (Å²) in [6.07, 6.45) is 0. The maximum Gasteiger partial charge on any atom is 0.325 e. The van der Waals surface area contributed by atoms with Gasteiger partial charge in [0, 0.05) is 37.5 Å². The second kappa shape index (κ2) is 7.37. The van der Waals surface area contributed by atoms with Crippen LogP contribution in [0.1, 0.15) is 12.5 Å². The highest BCUT2D eigenvalue weighted by Gasteiger charge is 2.48. The van der Waals surface area contributed by atoms with Crippen molar-refractivity contribution >= 4 is 27.4 Å². The second-order valence-corrected chi connectivity index (χ2v) is 9.54. The number of aryl methyl sites for hydroxylation is 1. The minimum Gasteiger partial charge on any atom is -0.317 e. The molecule has 0 bridgehead atoms. The molecule has 30 heavy (non-hydrogen) atoms. The molecule has 2 aromatic carbocycles. The van der Waals surface area contributed by atoms with Crippen molar-refractivity contribution in [2.45, 2.75) is 30.8 Å². The predicted octanol–water partition coefficient (Wildman–Crippen LogP) is 2.61. The zero-order valence-corrected chi connectivity index (χ0v) is 17.4. The lowest BCUT2D eigenvalue weighted by atomic mass is 10.1. The van der Waals surface area contributed by atoms with E-state index in [0.717, 1.165) is 5.56 Å². The Morgan fingerprint density at radius 1 is 1.03 bits per heavy atom. The standard InChI is InChI=1S/C20H22N4O5S/c1-14-3-9-18(10-4-14)30(28,29)21-11-12-22-19(13-21)15(2)23(20(22)25)16-5-7-17(8-6-16)24(26)27/h3-10,15,19H,11-13H2,1-2H3/t15-,19-/m0/s1. The smallest absolute Gasteiger partial charge is 0.317 e. The van der Waals surface area contributed by atoms with Gasteiger partial charge in [-0.05, 0) is 38.1 Å². The van der Waals surface area contributed by atoms with Crippen LogP contribution in [0.25, 0.3) is 0 Å². The lowest BCUT2D eigenvalue weighted by Crippen LogP contribution is -2.54. The maximum absolute atomic E-state index is 13.1. The summed E-state index contributed by atoms with van der Waals surface area (Å²) in [6, 6.07) is 11.7. The van der Waals surface area contributed by atoms with Crippen LogP contribution in [0.2, 0.25) is 0 Å². The number of fused-ring (bicyclic) bond motifs is 1. The van der Waals surface area contributed by atoms with E-state index in [-0.39, 0.29) is 41.8 Å². The summed E-state index contributed by atoms with van der Waals surface area (Å²) in [5.41, 5.74) is 1.49. The first-order valence-electron chi connectivity index (χ1n) is 9.61. The number of anilines is 1. The van der Waals surface area contributed by atoms with Gasteiger partial charge in [0.1, 0.15) is 0 Å². The van der Waals surface area contributed by atoms with Gasteiger partial charge in [-0.25, -0.2) is 13.2 Å². The van der Waals surface area contributed by atoms with E-state index >= 15 is 0 Å². The Morgan fingerprint density at radius 2 is 1.67 bits per heavy atom. The van der Waals surface area contributed by atoms with E-state index in [2.05, 4.69) is 0 Å². The van der Waals surface area contributed by atoms with Crippen LogP contribution in [0.5, 0.6) is 0 Å². The first-order chi connectivity index (χ1) is 14.2. The number of non-ortho nitro benzene ring substituents is 1. The molecule has 2 heterocycles. The number of nitro benzene ring substituents is 1. The summed E-state index contributed by atoms with van der Waals surface area (Å²) < 4.78 is 27.6. The van der Waals surface area contributed by atoms with Crippen LogP contribution in [0.15, 0.2) is 53.4 Å². The average molecular weight is 430 g/mol. The predicted molar refractivity (Wildman–Crippen MR) is 111 cm³/mol. The number of piperazine rings is 1. The number of benzene rings is 2. The first-order valence-corrected chi connectivity index (χ1v) is 11.1. The van der Waals surface area contributed by atoms with E-state index in [1.54, 1.807) is 46.2 Å². The molecule has 0 N–H and O–H groups in total. The molecule has 9 nitrogen and oxygen atoms in total. The molecule has 0 aromatic heterocycles. The Bertz CT molecular complexity index is 1090. The van der Waals surface area contributed by atoms with Crippen LogP contribution in [-0.2, 0) is 10.0 Å². The molecule has 4 rings (SSSR count). The van der Waals surface area contributed by atoms with Crippen molar-refractivity contribution in [3.8, 4) is 0 Å². The Balaban J connectivity index is 1.57. The molecule has 2 aliphatic heterocycles. The van der Waals surface area contributed by atoms with Crippen LogP contribution < -0.4 is 4.90 Å². The fourth-order valence-corrected chi connectivity index (χ4v) is 5.53. The van der Waals surface area contributed by atoms with Crippen molar-refractivity contribution in [1.29, 1.82) is 0 Å². The Labute approximate surface area is 174 Å². The number of urea groups is 1. The molecule has 0 saturated carbocycles. The first kappa shape index (κ1) is 20.3. The van der Waals surface area contributed by atoms with Crippen LogP contribution in [-0.4, -0.2) is 60.3 Å². The van der Waals surface area contributed by atoms with E-state index in [4.69, 9.17) is 0 Å². The van der Waals surface area contributed by atoms with E-state index in [9.17, 15) is 23.3 Å². The molecule has 2 saturated heterocycles. The second-order valence-electron chi connectivity index (χ2n) is 7.60. The zero-order chi connectivity index (χ0) is 21.6. The molecule has 158 valence electrons. The molecule has 2 aromatic rings. The van der Waals surface area contributed by atoms with Crippen molar-refractivity contribution in [2.75, 3.05) is 24.5 Å². The molecule has 0 aliphatic carbocycles. The van der Waals surface area contributed by atoms with Crippen molar-refractivity contribution in [3.63, 3.8) is 0 Å². The summed E-state index contributed by atoms with van der Waals surface area (Å²) in [5.74, 6) is 0. The van der Waals surface area contributed by atoms with E-state index in [1.165, 1.54) is 16.4 Å². The topological polar surface area (TPSA) is 104 Å². The number of carbonyl (C=O) groups is 1. The van der Waals surface area contributed by atoms with Crippen LogP contribution in [0.4, 0.5) is 16.2 Å². The van der Waals surface area contributed by atoms with Gasteiger partial charge in [-0.1, -0.05) is 17.7 Å². The highest BCUT2D eigenvalue weighted by molar-refractivity contribution is 7.89. The van der Waals surface area contributed by atoms with Gasteiger partial charge >= 0.3 is 6.03 Å². The van der Waals surface area contributed by atoms with Crippen molar-refractivity contribution in [1.82, 2.24) is 9.21 Å². The van der Waals surface area contributed by atoms with Crippen LogP contribution in [0, 0.1) is 17.0 Å². The number of nitro groups is 1. The molecular weight excluding hydrogens is 408 g/mol. The lowest BCUT2D eigenvalue weighted by Gasteiger charge is -2.36. The van der Waals surface area contributed by atoms with Crippen LogP contribution in [0.3, 0.4) is 0 Å². The number of sulfonamides is 1. The van der Waals surface area contributed by atoms with Crippen molar-refractivity contribution in [3.05, 3.63) is 64.2 Å². The Hall–Kier alpha value is -2.98. The number of nitrogens with zero attached hydrogens (tertiary/aromatic N) is 4. The normalized spacial score (nSPS) is 22.3. The minimum absolute atomic E-state index is 0.0499. The molecule has 0 radical (unpaired) electrons. The summed E-state index contributed by atoms with van der Waals surface area (Å²) in [5, 5.41) is 10.9. The monoisotopic (exact) mass is 430 g/mol. The fraction of sp³-hybridized carbons (Fsp3) is 0.350. The highest BCUT2D eigenvalue weighted by atomic mass is 32.2. The largest absolute Gasteiger partial charge is 0.325 e. The molecule has 2 atom stereocenters. The van der Waals surface area contributed by atoms with Gasteiger partial charge in [-0.15, -0.1) is 0 Å². The third kappa shape index (κ3) is 3.31. The molecule has 10 heteroatoms. The van der Waals surface area contributed by atoms with Gasteiger partial charge in [0.05, 0.1) is 21.9 Å². The molecule has 2 fully saturated rings. The zero-order valence-electron chi connectivity index (χ0n) is 16.6. The molecule has 2 aliphatic rings. The van der Waals surface area contributed by atoms with Gasteiger partial charge in [0.25, 0.3) is 5.69 Å². The minimum atomic E-state index is -3.65. The molecule has 0 unspecified atom stereocenters. The maximum atomic E-state index is 13.1. The quantitative estimate of drug-likeness (QED) is 0.548. The van der Waals surface area contributed by atoms with Gasteiger partial charge in [-0.2, -0.15) is 4.31 Å². The van der Waals surface area contributed by atoms with E-state index in [0.29, 0.717) is 12.2 Å². The highest BCUT2D eigenvalue weighted by Crippen LogP contribution is 2.33. The van der Waals surface area contributed by atoms with Gasteiger partial charge < -0.3 is 4.90 Å². The Kier molecular flexibility index (Phi) is 4.99. The van der Waals surface area contributed by atoms with E-state index < -0.39 is 14.9 Å². The Morgan fingerprint density at radius 3 is 2.27 bits per heavy atom. The van der Waals surface area contributed by atoms with E-state index in [1.807, 2.05) is 13.8 Å². The third-order valence-electron chi connectivity index (χ3n) is 5.79. The fourth-order valence-electron chi connectivity index (χ4n) is 4.08. The SMILES string of the molecule is Cc1ccc(S(=O)(=O)N2CCN3C(=O)N(c4ccc([N+](=O)[O-])cc4)[C@@H](C)[C@@H]3C2)cc1. The molecular formula is C20H22N4O5S.